The summed E-state index contributed by atoms with van der Waals surface area (Å²) < 4.78 is 6.21. The van der Waals surface area contributed by atoms with Crippen molar-refractivity contribution in [1.82, 2.24) is 0 Å². The SMILES string of the molecule is COc1ccc(C2CN=C(N)N2c2ccccc2Br)cc1. The number of halogens is 1. The van der Waals surface area contributed by atoms with Gasteiger partial charge in [-0.1, -0.05) is 24.3 Å². The zero-order valence-corrected chi connectivity index (χ0v) is 13.2. The molecule has 5 heteroatoms. The number of anilines is 1. The third-order valence-corrected chi connectivity index (χ3v) is 4.27. The summed E-state index contributed by atoms with van der Waals surface area (Å²) in [4.78, 5) is 6.47. The number of para-hydroxylation sites is 1. The summed E-state index contributed by atoms with van der Waals surface area (Å²) in [6.07, 6.45) is 0. The van der Waals surface area contributed by atoms with Crippen molar-refractivity contribution in [2.45, 2.75) is 6.04 Å². The van der Waals surface area contributed by atoms with Gasteiger partial charge in [-0.3, -0.25) is 4.99 Å². The van der Waals surface area contributed by atoms with Crippen LogP contribution in [0.25, 0.3) is 0 Å². The molecule has 1 unspecified atom stereocenters. The Hall–Kier alpha value is -2.01. The van der Waals surface area contributed by atoms with Crippen LogP contribution in [0.1, 0.15) is 11.6 Å². The number of ether oxygens (including phenoxy) is 1. The number of aliphatic imine (C=N–C) groups is 1. The lowest BCUT2D eigenvalue weighted by molar-refractivity contribution is 0.414. The number of hydrogen-bond donors (Lipinski definition) is 1. The molecule has 108 valence electrons. The van der Waals surface area contributed by atoms with E-state index in [-0.39, 0.29) is 6.04 Å². The molecule has 0 radical (unpaired) electrons. The van der Waals surface area contributed by atoms with Crippen LogP contribution in [-0.2, 0) is 0 Å². The summed E-state index contributed by atoms with van der Waals surface area (Å²) in [7, 11) is 1.67. The Morgan fingerprint density at radius 2 is 1.90 bits per heavy atom. The Balaban J connectivity index is 1.97. The Morgan fingerprint density at radius 3 is 2.57 bits per heavy atom. The van der Waals surface area contributed by atoms with Crippen LogP contribution in [0.15, 0.2) is 58.0 Å². The van der Waals surface area contributed by atoms with Crippen LogP contribution in [0.2, 0.25) is 0 Å². The summed E-state index contributed by atoms with van der Waals surface area (Å²) in [5.41, 5.74) is 8.28. The van der Waals surface area contributed by atoms with Crippen LogP contribution < -0.4 is 15.4 Å². The van der Waals surface area contributed by atoms with Gasteiger partial charge in [0.1, 0.15) is 5.75 Å². The van der Waals surface area contributed by atoms with Crippen molar-refractivity contribution in [2.24, 2.45) is 10.7 Å². The predicted octanol–water partition coefficient (Wildman–Crippen LogP) is 3.33. The number of nitrogens with zero attached hydrogens (tertiary/aromatic N) is 2. The number of methoxy groups -OCH3 is 1. The molecule has 0 aliphatic carbocycles. The highest BCUT2D eigenvalue weighted by Crippen LogP contribution is 2.35. The Bertz CT molecular complexity index is 669. The topological polar surface area (TPSA) is 50.9 Å². The maximum absolute atomic E-state index is 6.09. The third-order valence-electron chi connectivity index (χ3n) is 3.60. The molecular weight excluding hydrogens is 330 g/mol. The second-order valence-electron chi connectivity index (χ2n) is 4.81. The van der Waals surface area contributed by atoms with Gasteiger partial charge in [-0.05, 0) is 45.8 Å². The normalized spacial score (nSPS) is 17.7. The van der Waals surface area contributed by atoms with Gasteiger partial charge >= 0.3 is 0 Å². The van der Waals surface area contributed by atoms with Crippen molar-refractivity contribution in [3.8, 4) is 5.75 Å². The summed E-state index contributed by atoms with van der Waals surface area (Å²) in [6, 6.07) is 16.2. The van der Waals surface area contributed by atoms with Crippen molar-refractivity contribution in [2.75, 3.05) is 18.6 Å². The molecule has 0 aromatic heterocycles. The average Bonchev–Trinajstić information content (AvgIpc) is 2.89. The lowest BCUT2D eigenvalue weighted by atomic mass is 10.1. The second kappa shape index (κ2) is 5.77. The maximum atomic E-state index is 6.09. The zero-order valence-electron chi connectivity index (χ0n) is 11.7. The fourth-order valence-corrected chi connectivity index (χ4v) is 2.99. The van der Waals surface area contributed by atoms with Gasteiger partial charge in [-0.2, -0.15) is 0 Å². The van der Waals surface area contributed by atoms with E-state index in [1.807, 2.05) is 36.4 Å². The van der Waals surface area contributed by atoms with E-state index in [1.165, 1.54) is 0 Å². The van der Waals surface area contributed by atoms with Crippen molar-refractivity contribution in [3.05, 3.63) is 58.6 Å². The molecule has 4 nitrogen and oxygen atoms in total. The quantitative estimate of drug-likeness (QED) is 0.928. The standard InChI is InChI=1S/C16H16BrN3O/c1-21-12-8-6-11(7-9-12)15-10-19-16(18)20(15)14-5-3-2-4-13(14)17/h2-9,15H,10H2,1H3,(H2,18,19). The predicted molar refractivity (Wildman–Crippen MR) is 88.8 cm³/mol. The molecular formula is C16H16BrN3O. The van der Waals surface area contributed by atoms with E-state index in [4.69, 9.17) is 10.5 Å². The molecule has 1 heterocycles. The van der Waals surface area contributed by atoms with Crippen LogP contribution in [0, 0.1) is 0 Å². The molecule has 0 saturated carbocycles. The monoisotopic (exact) mass is 345 g/mol. The fraction of sp³-hybridized carbons (Fsp3) is 0.188. The minimum atomic E-state index is 0.106. The number of guanidine groups is 1. The van der Waals surface area contributed by atoms with E-state index in [1.54, 1.807) is 7.11 Å². The minimum Gasteiger partial charge on any atom is -0.497 e. The molecule has 21 heavy (non-hydrogen) atoms. The largest absolute Gasteiger partial charge is 0.497 e. The molecule has 1 atom stereocenters. The van der Waals surface area contributed by atoms with Crippen LogP contribution in [0.3, 0.4) is 0 Å². The van der Waals surface area contributed by atoms with Crippen LogP contribution in [0.4, 0.5) is 5.69 Å². The van der Waals surface area contributed by atoms with Gasteiger partial charge in [0.2, 0.25) is 0 Å². The summed E-state index contributed by atoms with van der Waals surface area (Å²) in [6.45, 7) is 0.652. The second-order valence-corrected chi connectivity index (χ2v) is 5.66. The highest BCUT2D eigenvalue weighted by molar-refractivity contribution is 9.10. The molecule has 0 spiro atoms. The molecule has 2 aromatic carbocycles. The first-order chi connectivity index (χ1) is 10.2. The molecule has 1 aliphatic heterocycles. The van der Waals surface area contributed by atoms with E-state index in [2.05, 4.69) is 38.0 Å². The lowest BCUT2D eigenvalue weighted by Crippen LogP contribution is -2.36. The Labute approximate surface area is 132 Å². The van der Waals surface area contributed by atoms with E-state index in [0.29, 0.717) is 12.5 Å². The number of benzene rings is 2. The highest BCUT2D eigenvalue weighted by Gasteiger charge is 2.29. The zero-order chi connectivity index (χ0) is 14.8. The van der Waals surface area contributed by atoms with Gasteiger partial charge in [-0.25, -0.2) is 0 Å². The van der Waals surface area contributed by atoms with Crippen molar-refractivity contribution in [3.63, 3.8) is 0 Å². The highest BCUT2D eigenvalue weighted by atomic mass is 79.9. The first-order valence-electron chi connectivity index (χ1n) is 6.68. The van der Waals surface area contributed by atoms with Gasteiger partial charge in [-0.15, -0.1) is 0 Å². The maximum Gasteiger partial charge on any atom is 0.196 e. The summed E-state index contributed by atoms with van der Waals surface area (Å²) >= 11 is 3.58. The molecule has 1 aliphatic rings. The van der Waals surface area contributed by atoms with Crippen molar-refractivity contribution < 1.29 is 4.74 Å². The number of hydrogen-bond acceptors (Lipinski definition) is 4. The Kier molecular flexibility index (Phi) is 3.84. The fourth-order valence-electron chi connectivity index (χ4n) is 2.52. The van der Waals surface area contributed by atoms with E-state index in [9.17, 15) is 0 Å². The third kappa shape index (κ3) is 2.61. The van der Waals surface area contributed by atoms with E-state index >= 15 is 0 Å². The minimum absolute atomic E-state index is 0.106. The number of nitrogens with two attached hydrogens (primary N) is 1. The first kappa shape index (κ1) is 13.9. The first-order valence-corrected chi connectivity index (χ1v) is 7.47. The van der Waals surface area contributed by atoms with Gasteiger partial charge in [0.15, 0.2) is 5.96 Å². The number of rotatable bonds is 3. The van der Waals surface area contributed by atoms with E-state index < -0.39 is 0 Å². The molecule has 0 fully saturated rings. The van der Waals surface area contributed by atoms with E-state index in [0.717, 1.165) is 21.5 Å². The van der Waals surface area contributed by atoms with Gasteiger partial charge < -0.3 is 15.4 Å². The summed E-state index contributed by atoms with van der Waals surface area (Å²) in [5, 5.41) is 0. The molecule has 2 N–H and O–H groups in total. The smallest absolute Gasteiger partial charge is 0.196 e. The summed E-state index contributed by atoms with van der Waals surface area (Å²) in [5.74, 6) is 1.39. The van der Waals surface area contributed by atoms with Crippen LogP contribution in [-0.4, -0.2) is 19.6 Å². The van der Waals surface area contributed by atoms with Gasteiger partial charge in [0, 0.05) is 4.47 Å². The molecule has 0 bridgehead atoms. The van der Waals surface area contributed by atoms with Crippen LogP contribution in [0.5, 0.6) is 5.75 Å². The van der Waals surface area contributed by atoms with Gasteiger partial charge in [0.05, 0.1) is 25.4 Å². The van der Waals surface area contributed by atoms with Crippen molar-refractivity contribution in [1.29, 1.82) is 0 Å². The molecule has 0 saturated heterocycles. The van der Waals surface area contributed by atoms with Crippen LogP contribution >= 0.6 is 15.9 Å². The molecule has 2 aromatic rings. The average molecular weight is 346 g/mol. The lowest BCUT2D eigenvalue weighted by Gasteiger charge is -2.27. The molecule has 0 amide bonds. The Morgan fingerprint density at radius 1 is 1.19 bits per heavy atom. The van der Waals surface area contributed by atoms with Gasteiger partial charge in [0.25, 0.3) is 0 Å². The van der Waals surface area contributed by atoms with Crippen molar-refractivity contribution >= 4 is 27.6 Å². The molecule has 3 rings (SSSR count).